The fourth-order valence-electron chi connectivity index (χ4n) is 0.997. The molecule has 0 atom stereocenters. The maximum Gasteiger partial charge on any atom is 0.335 e. The normalized spacial score (nSPS) is 9.32. The summed E-state index contributed by atoms with van der Waals surface area (Å²) in [6, 6.07) is 5.36. The van der Waals surface area contributed by atoms with Crippen LogP contribution in [0.3, 0.4) is 0 Å². The largest absolute Gasteiger partial charge is 0.508 e. The number of carbonyl (C=O) groups is 1. The maximum absolute atomic E-state index is 12.0. The molecule has 1 heterocycles. The van der Waals surface area contributed by atoms with E-state index in [1.165, 1.54) is 24.3 Å². The van der Waals surface area contributed by atoms with E-state index in [-0.39, 0.29) is 11.3 Å². The van der Waals surface area contributed by atoms with Crippen molar-refractivity contribution in [2.45, 2.75) is 0 Å². The molecule has 7 nitrogen and oxygen atoms in total. The lowest BCUT2D eigenvalue weighted by molar-refractivity contribution is 0.0697. The molecule has 0 saturated heterocycles. The number of phenolic OH excluding ortho intramolecular Hbond substituents is 1. The number of aromatic amines is 2. The number of carboxylic acids is 1. The second kappa shape index (κ2) is 6.15. The van der Waals surface area contributed by atoms with Gasteiger partial charge in [-0.2, -0.15) is 4.39 Å². The molecule has 0 aliphatic carbocycles. The average Bonchev–Trinajstić information content (AvgIpc) is 2.35. The zero-order valence-corrected chi connectivity index (χ0v) is 9.38. The summed E-state index contributed by atoms with van der Waals surface area (Å²) in [5.41, 5.74) is -1.53. The van der Waals surface area contributed by atoms with Gasteiger partial charge < -0.3 is 15.2 Å². The van der Waals surface area contributed by atoms with Gasteiger partial charge in [0.2, 0.25) is 5.82 Å². The molecule has 2 rings (SSSR count). The predicted octanol–water partition coefficient (Wildman–Crippen LogP) is 0.293. The smallest absolute Gasteiger partial charge is 0.335 e. The molecule has 0 fully saturated rings. The molecule has 4 N–H and O–H groups in total. The standard InChI is InChI=1S/C7H6O3.C4H3FN2O2/c8-6-3-1-5(2-4-6)7(9)10;5-2-1-6-4(9)7-3(2)8/h1-4,8H,(H,9,10);1H,(H2,6,7,8,9). The van der Waals surface area contributed by atoms with Crippen molar-refractivity contribution in [3.8, 4) is 5.75 Å². The number of nitrogens with one attached hydrogen (secondary N) is 2. The van der Waals surface area contributed by atoms with Crippen molar-refractivity contribution in [3.05, 3.63) is 62.7 Å². The number of hydrogen-bond donors (Lipinski definition) is 4. The number of carboxylic acid groups (broad SMARTS) is 1. The zero-order valence-electron chi connectivity index (χ0n) is 9.38. The third-order valence-corrected chi connectivity index (χ3v) is 1.89. The first kappa shape index (κ1) is 14.2. The second-order valence-corrected chi connectivity index (χ2v) is 3.27. The molecular formula is C11H9FN2O5. The molecule has 0 aliphatic heterocycles. The minimum absolute atomic E-state index is 0.0741. The molecule has 0 spiro atoms. The van der Waals surface area contributed by atoms with Crippen LogP contribution >= 0.6 is 0 Å². The van der Waals surface area contributed by atoms with Crippen LogP contribution in [-0.4, -0.2) is 26.2 Å². The van der Waals surface area contributed by atoms with Crippen molar-refractivity contribution in [2.75, 3.05) is 0 Å². The van der Waals surface area contributed by atoms with Crippen molar-refractivity contribution in [1.82, 2.24) is 9.97 Å². The van der Waals surface area contributed by atoms with Crippen LogP contribution in [0, 0.1) is 5.82 Å². The number of aromatic nitrogens is 2. The number of phenols is 1. The molecule has 8 heteroatoms. The lowest BCUT2D eigenvalue weighted by atomic mass is 10.2. The Labute approximate surface area is 105 Å². The van der Waals surface area contributed by atoms with Crippen LogP contribution in [0.4, 0.5) is 4.39 Å². The molecule has 0 radical (unpaired) electrons. The van der Waals surface area contributed by atoms with Crippen molar-refractivity contribution in [2.24, 2.45) is 0 Å². The summed E-state index contributed by atoms with van der Waals surface area (Å²) in [6.07, 6.45) is 0.709. The molecule has 0 amide bonds. The first-order valence-corrected chi connectivity index (χ1v) is 4.90. The summed E-state index contributed by atoms with van der Waals surface area (Å²) in [5, 5.41) is 17.1. The number of hydrogen-bond acceptors (Lipinski definition) is 4. The van der Waals surface area contributed by atoms with E-state index in [2.05, 4.69) is 0 Å². The van der Waals surface area contributed by atoms with Gasteiger partial charge in [0.25, 0.3) is 5.56 Å². The monoisotopic (exact) mass is 268 g/mol. The average molecular weight is 268 g/mol. The molecule has 100 valence electrons. The summed E-state index contributed by atoms with van der Waals surface area (Å²) in [6.45, 7) is 0. The highest BCUT2D eigenvalue weighted by Crippen LogP contribution is 2.08. The van der Waals surface area contributed by atoms with E-state index in [1.807, 2.05) is 4.98 Å². The number of aromatic hydroxyl groups is 1. The molecule has 1 aromatic carbocycles. The summed E-state index contributed by atoms with van der Waals surface area (Å²) >= 11 is 0. The van der Waals surface area contributed by atoms with Gasteiger partial charge in [-0.3, -0.25) is 9.78 Å². The highest BCUT2D eigenvalue weighted by atomic mass is 19.1. The van der Waals surface area contributed by atoms with E-state index in [4.69, 9.17) is 10.2 Å². The fraction of sp³-hybridized carbons (Fsp3) is 0. The van der Waals surface area contributed by atoms with Crippen LogP contribution < -0.4 is 11.2 Å². The Bertz CT molecular complexity index is 674. The number of halogens is 1. The van der Waals surface area contributed by atoms with E-state index in [0.29, 0.717) is 6.20 Å². The van der Waals surface area contributed by atoms with E-state index in [1.54, 1.807) is 4.98 Å². The first-order valence-electron chi connectivity index (χ1n) is 4.90. The fourth-order valence-corrected chi connectivity index (χ4v) is 0.997. The van der Waals surface area contributed by atoms with Gasteiger partial charge in [0.1, 0.15) is 5.75 Å². The topological polar surface area (TPSA) is 123 Å². The molecule has 0 bridgehead atoms. The van der Waals surface area contributed by atoms with Crippen LogP contribution in [0.15, 0.2) is 40.1 Å². The number of rotatable bonds is 1. The van der Waals surface area contributed by atoms with Crippen LogP contribution in [0.1, 0.15) is 10.4 Å². The molecule has 0 aliphatic rings. The number of H-pyrrole nitrogens is 2. The van der Waals surface area contributed by atoms with Crippen molar-refractivity contribution in [1.29, 1.82) is 0 Å². The maximum atomic E-state index is 12.0. The Morgan fingerprint density at radius 3 is 2.16 bits per heavy atom. The van der Waals surface area contributed by atoms with Crippen LogP contribution in [0.5, 0.6) is 5.75 Å². The summed E-state index contributed by atoms with van der Waals surface area (Å²) in [7, 11) is 0. The third kappa shape index (κ3) is 4.46. The molecule has 0 saturated carbocycles. The van der Waals surface area contributed by atoms with Crippen molar-refractivity contribution in [3.63, 3.8) is 0 Å². The van der Waals surface area contributed by atoms with Gasteiger partial charge in [-0.1, -0.05) is 0 Å². The molecule has 0 unspecified atom stereocenters. The number of aromatic carboxylic acids is 1. The number of benzene rings is 1. The van der Waals surface area contributed by atoms with Gasteiger partial charge in [-0.05, 0) is 24.3 Å². The van der Waals surface area contributed by atoms with Crippen LogP contribution in [0.2, 0.25) is 0 Å². The van der Waals surface area contributed by atoms with Gasteiger partial charge in [-0.15, -0.1) is 0 Å². The Morgan fingerprint density at radius 1 is 1.16 bits per heavy atom. The summed E-state index contributed by atoms with van der Waals surface area (Å²) in [4.78, 5) is 34.2. The lowest BCUT2D eigenvalue weighted by Crippen LogP contribution is -2.23. The lowest BCUT2D eigenvalue weighted by Gasteiger charge is -1.92. The summed E-state index contributed by atoms with van der Waals surface area (Å²) < 4.78 is 12.0. The first-order chi connectivity index (χ1) is 8.90. The van der Waals surface area contributed by atoms with Crippen molar-refractivity contribution >= 4 is 5.97 Å². The van der Waals surface area contributed by atoms with Gasteiger partial charge in [0.15, 0.2) is 0 Å². The van der Waals surface area contributed by atoms with E-state index in [9.17, 15) is 18.8 Å². The predicted molar refractivity (Wildman–Crippen MR) is 62.7 cm³/mol. The SMILES string of the molecule is O=C(O)c1ccc(O)cc1.O=c1[nH]cc(F)c(=O)[nH]1. The molecule has 2 aromatic rings. The highest BCUT2D eigenvalue weighted by Gasteiger charge is 1.99. The Kier molecular flexibility index (Phi) is 4.58. The Hall–Kier alpha value is -2.90. The third-order valence-electron chi connectivity index (χ3n) is 1.89. The summed E-state index contributed by atoms with van der Waals surface area (Å²) in [5.74, 6) is -1.90. The van der Waals surface area contributed by atoms with Crippen molar-refractivity contribution < 1.29 is 19.4 Å². The minimum Gasteiger partial charge on any atom is -0.508 e. The minimum atomic E-state index is -1.00. The molecular weight excluding hydrogens is 259 g/mol. The van der Waals surface area contributed by atoms with Crippen LogP contribution in [-0.2, 0) is 0 Å². The van der Waals surface area contributed by atoms with Gasteiger partial charge in [0.05, 0.1) is 5.56 Å². The van der Waals surface area contributed by atoms with Gasteiger partial charge in [-0.25, -0.2) is 9.59 Å². The molecule has 1 aromatic heterocycles. The Balaban J connectivity index is 0.000000191. The highest BCUT2D eigenvalue weighted by molar-refractivity contribution is 5.87. The van der Waals surface area contributed by atoms with Crippen LogP contribution in [0.25, 0.3) is 0 Å². The van der Waals surface area contributed by atoms with Gasteiger partial charge >= 0.3 is 11.7 Å². The Morgan fingerprint density at radius 2 is 1.74 bits per heavy atom. The van der Waals surface area contributed by atoms with E-state index < -0.39 is 23.0 Å². The quantitative estimate of drug-likeness (QED) is 0.592. The molecule has 19 heavy (non-hydrogen) atoms. The van der Waals surface area contributed by atoms with E-state index >= 15 is 0 Å². The van der Waals surface area contributed by atoms with Gasteiger partial charge in [0, 0.05) is 6.20 Å². The van der Waals surface area contributed by atoms with E-state index in [0.717, 1.165) is 0 Å². The second-order valence-electron chi connectivity index (χ2n) is 3.27. The zero-order chi connectivity index (χ0) is 14.4.